The third-order valence-corrected chi connectivity index (χ3v) is 3.75. The molecule has 130 valence electrons. The average molecular weight is 324 g/mol. The highest BCUT2D eigenvalue weighted by Gasteiger charge is 2.21. The summed E-state index contributed by atoms with van der Waals surface area (Å²) < 4.78 is 10.5. The number of aryl methyl sites for hydroxylation is 1. The molecule has 0 radical (unpaired) electrons. The molecule has 1 unspecified atom stereocenters. The number of aromatic nitrogens is 2. The third kappa shape index (κ3) is 5.91. The van der Waals surface area contributed by atoms with Gasteiger partial charge in [0.1, 0.15) is 0 Å². The predicted octanol–water partition coefficient (Wildman–Crippen LogP) is 1.14. The third-order valence-electron chi connectivity index (χ3n) is 3.75. The van der Waals surface area contributed by atoms with E-state index in [2.05, 4.69) is 20.4 Å². The molecule has 1 aromatic heterocycles. The van der Waals surface area contributed by atoms with Gasteiger partial charge in [0.25, 0.3) is 0 Å². The van der Waals surface area contributed by atoms with Crippen molar-refractivity contribution in [3.8, 4) is 0 Å². The summed E-state index contributed by atoms with van der Waals surface area (Å²) in [5.41, 5.74) is -0.142. The van der Waals surface area contributed by atoms with Crippen molar-refractivity contribution in [2.75, 3.05) is 32.8 Å². The first-order valence-corrected chi connectivity index (χ1v) is 8.27. The topological polar surface area (TPSA) is 80.5 Å². The number of amides is 1. The number of carbonyl (C=O) groups excluding carboxylic acids is 1. The molecule has 0 aliphatic carbocycles. The van der Waals surface area contributed by atoms with Crippen molar-refractivity contribution >= 4 is 5.91 Å². The van der Waals surface area contributed by atoms with Crippen molar-refractivity contribution < 1.29 is 14.1 Å². The maximum Gasteiger partial charge on any atom is 0.227 e. The first kappa shape index (κ1) is 17.9. The van der Waals surface area contributed by atoms with Gasteiger partial charge in [-0.3, -0.25) is 9.69 Å². The molecule has 1 aliphatic rings. The lowest BCUT2D eigenvalue weighted by Crippen LogP contribution is -2.46. The van der Waals surface area contributed by atoms with Crippen LogP contribution in [-0.4, -0.2) is 59.8 Å². The Kier molecular flexibility index (Phi) is 6.12. The molecule has 1 fully saturated rings. The number of nitrogens with zero attached hydrogens (tertiary/aromatic N) is 3. The van der Waals surface area contributed by atoms with E-state index in [1.54, 1.807) is 0 Å². The Balaban J connectivity index is 1.71. The van der Waals surface area contributed by atoms with Crippen molar-refractivity contribution in [1.29, 1.82) is 0 Å². The van der Waals surface area contributed by atoms with Gasteiger partial charge in [0.05, 0.1) is 13.2 Å². The summed E-state index contributed by atoms with van der Waals surface area (Å²) in [5, 5.41) is 6.99. The fraction of sp³-hybridized carbons (Fsp3) is 0.812. The summed E-state index contributed by atoms with van der Waals surface area (Å²) in [6.07, 6.45) is 0.832. The quantitative estimate of drug-likeness (QED) is 0.845. The van der Waals surface area contributed by atoms with Gasteiger partial charge in [0.2, 0.25) is 11.8 Å². The molecule has 2 rings (SSSR count). The number of hydrogen-bond acceptors (Lipinski definition) is 6. The molecular formula is C16H28N4O3. The first-order valence-electron chi connectivity index (χ1n) is 8.27. The van der Waals surface area contributed by atoms with Crippen LogP contribution in [0.5, 0.6) is 0 Å². The molecular weight excluding hydrogens is 296 g/mol. The summed E-state index contributed by atoms with van der Waals surface area (Å²) in [7, 11) is 0. The highest BCUT2D eigenvalue weighted by Crippen LogP contribution is 2.18. The minimum atomic E-state index is -0.142. The molecule has 1 amide bonds. The standard InChI is InChI=1S/C16H28N4O3/c1-12(11-20-7-9-22-10-8-20)17-13(21)5-6-14-18-15(19-23-14)16(2,3)4/h12H,5-11H2,1-4H3,(H,17,21). The number of rotatable bonds is 6. The van der Waals surface area contributed by atoms with Crippen LogP contribution in [0.25, 0.3) is 0 Å². The SMILES string of the molecule is CC(CN1CCOCC1)NC(=O)CCc1nc(C(C)(C)C)no1. The van der Waals surface area contributed by atoms with Gasteiger partial charge in [-0.2, -0.15) is 4.98 Å². The highest BCUT2D eigenvalue weighted by atomic mass is 16.5. The van der Waals surface area contributed by atoms with Crippen LogP contribution in [0, 0.1) is 0 Å². The lowest BCUT2D eigenvalue weighted by molar-refractivity contribution is -0.121. The summed E-state index contributed by atoms with van der Waals surface area (Å²) in [6, 6.07) is 0.119. The van der Waals surface area contributed by atoms with E-state index >= 15 is 0 Å². The molecule has 1 N–H and O–H groups in total. The molecule has 7 heteroatoms. The van der Waals surface area contributed by atoms with Crippen LogP contribution in [0.1, 0.15) is 45.8 Å². The minimum Gasteiger partial charge on any atom is -0.379 e. The Morgan fingerprint density at radius 2 is 2.04 bits per heavy atom. The number of ether oxygens (including phenoxy) is 1. The molecule has 23 heavy (non-hydrogen) atoms. The van der Waals surface area contributed by atoms with E-state index in [0.29, 0.717) is 24.6 Å². The highest BCUT2D eigenvalue weighted by molar-refractivity contribution is 5.76. The molecule has 0 saturated carbocycles. The van der Waals surface area contributed by atoms with Crippen molar-refractivity contribution in [3.63, 3.8) is 0 Å². The van der Waals surface area contributed by atoms with E-state index in [9.17, 15) is 4.79 Å². The van der Waals surface area contributed by atoms with Crippen molar-refractivity contribution in [3.05, 3.63) is 11.7 Å². The van der Waals surface area contributed by atoms with Crippen LogP contribution in [0.4, 0.5) is 0 Å². The van der Waals surface area contributed by atoms with E-state index in [4.69, 9.17) is 9.26 Å². The molecule has 0 bridgehead atoms. The molecule has 7 nitrogen and oxygen atoms in total. The van der Waals surface area contributed by atoms with Crippen LogP contribution < -0.4 is 5.32 Å². The van der Waals surface area contributed by atoms with Crippen LogP contribution in [-0.2, 0) is 21.4 Å². The molecule has 2 heterocycles. The minimum absolute atomic E-state index is 0.0151. The number of nitrogens with one attached hydrogen (secondary N) is 1. The van der Waals surface area contributed by atoms with E-state index < -0.39 is 0 Å². The Hall–Kier alpha value is -1.47. The van der Waals surface area contributed by atoms with Gasteiger partial charge < -0.3 is 14.6 Å². The van der Waals surface area contributed by atoms with Crippen LogP contribution >= 0.6 is 0 Å². The van der Waals surface area contributed by atoms with E-state index in [-0.39, 0.29) is 17.4 Å². The summed E-state index contributed by atoms with van der Waals surface area (Å²) in [6.45, 7) is 12.4. The fourth-order valence-electron chi connectivity index (χ4n) is 2.45. The Labute approximate surface area is 137 Å². The van der Waals surface area contributed by atoms with Crippen LogP contribution in [0.3, 0.4) is 0 Å². The van der Waals surface area contributed by atoms with E-state index in [1.165, 1.54) is 0 Å². The Morgan fingerprint density at radius 1 is 1.35 bits per heavy atom. The van der Waals surface area contributed by atoms with Crippen molar-refractivity contribution in [2.24, 2.45) is 0 Å². The molecule has 0 aromatic carbocycles. The van der Waals surface area contributed by atoms with Gasteiger partial charge in [-0.15, -0.1) is 0 Å². The van der Waals surface area contributed by atoms with Crippen LogP contribution in [0.15, 0.2) is 4.52 Å². The molecule has 1 aromatic rings. The zero-order valence-electron chi connectivity index (χ0n) is 14.6. The monoisotopic (exact) mass is 324 g/mol. The van der Waals surface area contributed by atoms with Gasteiger partial charge in [0.15, 0.2) is 5.82 Å². The summed E-state index contributed by atoms with van der Waals surface area (Å²) >= 11 is 0. The van der Waals surface area contributed by atoms with Crippen LogP contribution in [0.2, 0.25) is 0 Å². The lowest BCUT2D eigenvalue weighted by Gasteiger charge is -2.29. The van der Waals surface area contributed by atoms with Gasteiger partial charge >= 0.3 is 0 Å². The summed E-state index contributed by atoms with van der Waals surface area (Å²) in [4.78, 5) is 18.7. The second-order valence-electron chi connectivity index (χ2n) is 7.14. The van der Waals surface area contributed by atoms with E-state index in [0.717, 1.165) is 32.8 Å². The average Bonchev–Trinajstić information content (AvgIpc) is 2.95. The number of morpholine rings is 1. The van der Waals surface area contributed by atoms with Gasteiger partial charge in [-0.05, 0) is 6.92 Å². The Bertz CT molecular complexity index is 504. The second-order valence-corrected chi connectivity index (χ2v) is 7.14. The fourth-order valence-corrected chi connectivity index (χ4v) is 2.45. The van der Waals surface area contributed by atoms with Crippen molar-refractivity contribution in [1.82, 2.24) is 20.4 Å². The zero-order chi connectivity index (χ0) is 16.9. The van der Waals surface area contributed by atoms with Gasteiger partial charge in [0, 0.05) is 43.9 Å². The number of hydrogen-bond donors (Lipinski definition) is 1. The van der Waals surface area contributed by atoms with E-state index in [1.807, 2.05) is 27.7 Å². The molecule has 1 saturated heterocycles. The first-order chi connectivity index (χ1) is 10.8. The molecule has 1 aliphatic heterocycles. The maximum absolute atomic E-state index is 12.0. The maximum atomic E-state index is 12.0. The number of carbonyl (C=O) groups is 1. The van der Waals surface area contributed by atoms with Gasteiger partial charge in [-0.25, -0.2) is 0 Å². The Morgan fingerprint density at radius 3 is 2.65 bits per heavy atom. The predicted molar refractivity (Wildman–Crippen MR) is 86.2 cm³/mol. The van der Waals surface area contributed by atoms with Crippen molar-refractivity contribution in [2.45, 2.75) is 52.0 Å². The second kappa shape index (κ2) is 7.88. The lowest BCUT2D eigenvalue weighted by atomic mass is 9.96. The normalized spacial score (nSPS) is 17.9. The largest absolute Gasteiger partial charge is 0.379 e. The molecule has 1 atom stereocenters. The smallest absolute Gasteiger partial charge is 0.227 e. The van der Waals surface area contributed by atoms with Gasteiger partial charge in [-0.1, -0.05) is 25.9 Å². The zero-order valence-corrected chi connectivity index (χ0v) is 14.6. The summed E-state index contributed by atoms with van der Waals surface area (Å²) in [5.74, 6) is 1.21. The molecule has 0 spiro atoms.